The van der Waals surface area contributed by atoms with Crippen LogP contribution in [0.5, 0.6) is 0 Å². The fourth-order valence-electron chi connectivity index (χ4n) is 3.37. The molecule has 0 saturated carbocycles. The van der Waals surface area contributed by atoms with Crippen molar-refractivity contribution < 1.29 is 9.59 Å². The molecule has 1 aliphatic rings. The summed E-state index contributed by atoms with van der Waals surface area (Å²) in [5.41, 5.74) is 1.83. The quantitative estimate of drug-likeness (QED) is 0.772. The van der Waals surface area contributed by atoms with Gasteiger partial charge in [-0.2, -0.15) is 0 Å². The molecule has 3 heterocycles. The molecule has 6 heteroatoms. The zero-order valence-electron chi connectivity index (χ0n) is 15.0. The Morgan fingerprint density at radius 3 is 2.59 bits per heavy atom. The van der Waals surface area contributed by atoms with Crippen LogP contribution in [0.1, 0.15) is 30.1 Å². The maximum atomic E-state index is 13.3. The van der Waals surface area contributed by atoms with Crippen molar-refractivity contribution in [1.82, 2.24) is 9.55 Å². The van der Waals surface area contributed by atoms with Crippen molar-refractivity contribution in [1.29, 1.82) is 0 Å². The van der Waals surface area contributed by atoms with E-state index in [0.29, 0.717) is 17.7 Å². The summed E-state index contributed by atoms with van der Waals surface area (Å²) in [5, 5.41) is 2.91. The molecule has 27 heavy (non-hydrogen) atoms. The number of anilines is 2. The molecule has 0 fully saturated rings. The minimum atomic E-state index is -0.526. The SMILES string of the molecule is CCC[C@H]1C(=O)Nc2ccccc2N1C(=O)c1ccc(-n2cccc2)nc1. The molecule has 1 atom stereocenters. The smallest absolute Gasteiger partial charge is 0.260 e. The molecule has 136 valence electrons. The summed E-state index contributed by atoms with van der Waals surface area (Å²) in [5.74, 6) is 0.363. The zero-order valence-corrected chi connectivity index (χ0v) is 15.0. The molecule has 0 aliphatic carbocycles. The van der Waals surface area contributed by atoms with Crippen molar-refractivity contribution in [2.45, 2.75) is 25.8 Å². The first kappa shape index (κ1) is 17.0. The van der Waals surface area contributed by atoms with Crippen molar-refractivity contribution in [2.75, 3.05) is 10.2 Å². The van der Waals surface area contributed by atoms with Crippen molar-refractivity contribution >= 4 is 23.2 Å². The Hall–Kier alpha value is -3.41. The number of pyridine rings is 1. The topological polar surface area (TPSA) is 67.2 Å². The second kappa shape index (κ2) is 7.07. The van der Waals surface area contributed by atoms with E-state index in [0.717, 1.165) is 17.9 Å². The Bertz CT molecular complexity index is 964. The minimum Gasteiger partial charge on any atom is -0.322 e. The molecule has 0 unspecified atom stereocenters. The molecule has 0 radical (unpaired) electrons. The lowest BCUT2D eigenvalue weighted by molar-refractivity contribution is -0.117. The van der Waals surface area contributed by atoms with Crippen LogP contribution in [-0.2, 0) is 4.79 Å². The highest BCUT2D eigenvalue weighted by Gasteiger charge is 2.36. The number of hydrogen-bond donors (Lipinski definition) is 1. The standard InChI is InChI=1S/C21H20N4O2/c1-2-7-18-20(26)23-16-8-3-4-9-17(16)25(18)21(27)15-10-11-19(22-14-15)24-12-5-6-13-24/h3-6,8-14,18H,2,7H2,1H3,(H,23,26)/t18-/m0/s1. The van der Waals surface area contributed by atoms with Gasteiger partial charge in [0.2, 0.25) is 5.91 Å². The van der Waals surface area contributed by atoms with Crippen LogP contribution < -0.4 is 10.2 Å². The van der Waals surface area contributed by atoms with Crippen LogP contribution in [0, 0.1) is 0 Å². The molecule has 1 aliphatic heterocycles. The van der Waals surface area contributed by atoms with Gasteiger partial charge in [-0.3, -0.25) is 14.5 Å². The Balaban J connectivity index is 1.71. The van der Waals surface area contributed by atoms with Gasteiger partial charge in [0.05, 0.1) is 16.9 Å². The highest BCUT2D eigenvalue weighted by Crippen LogP contribution is 2.34. The fourth-order valence-corrected chi connectivity index (χ4v) is 3.37. The number of nitrogens with zero attached hydrogens (tertiary/aromatic N) is 3. The fraction of sp³-hybridized carbons (Fsp3) is 0.190. The molecule has 2 aromatic heterocycles. The van der Waals surface area contributed by atoms with Crippen LogP contribution in [0.3, 0.4) is 0 Å². The molecule has 2 amide bonds. The van der Waals surface area contributed by atoms with E-state index in [9.17, 15) is 9.59 Å². The Labute approximate surface area is 157 Å². The van der Waals surface area contributed by atoms with Gasteiger partial charge < -0.3 is 9.88 Å². The van der Waals surface area contributed by atoms with E-state index >= 15 is 0 Å². The Morgan fingerprint density at radius 1 is 1.11 bits per heavy atom. The van der Waals surface area contributed by atoms with E-state index in [1.54, 1.807) is 23.2 Å². The van der Waals surface area contributed by atoms with Gasteiger partial charge in [-0.1, -0.05) is 25.5 Å². The highest BCUT2D eigenvalue weighted by atomic mass is 16.2. The van der Waals surface area contributed by atoms with Crippen LogP contribution in [0.15, 0.2) is 67.1 Å². The third-order valence-corrected chi connectivity index (χ3v) is 4.68. The largest absolute Gasteiger partial charge is 0.322 e. The van der Waals surface area contributed by atoms with Crippen LogP contribution in [0.25, 0.3) is 5.82 Å². The van der Waals surface area contributed by atoms with Gasteiger partial charge in [0.25, 0.3) is 5.91 Å². The molecule has 1 N–H and O–H groups in total. The summed E-state index contributed by atoms with van der Waals surface area (Å²) in [6.45, 7) is 2.00. The van der Waals surface area contributed by atoms with Crippen molar-refractivity contribution in [2.24, 2.45) is 0 Å². The summed E-state index contributed by atoms with van der Waals surface area (Å²) < 4.78 is 1.87. The molecule has 1 aromatic carbocycles. The van der Waals surface area contributed by atoms with E-state index in [4.69, 9.17) is 0 Å². The maximum absolute atomic E-state index is 13.3. The summed E-state index contributed by atoms with van der Waals surface area (Å²) in [6.07, 6.45) is 6.75. The second-order valence-corrected chi connectivity index (χ2v) is 6.48. The van der Waals surface area contributed by atoms with Crippen LogP contribution >= 0.6 is 0 Å². The van der Waals surface area contributed by atoms with Crippen molar-refractivity contribution in [3.8, 4) is 5.82 Å². The molecular formula is C21H20N4O2. The van der Waals surface area contributed by atoms with E-state index in [2.05, 4.69) is 10.3 Å². The summed E-state index contributed by atoms with van der Waals surface area (Å²) in [7, 11) is 0. The van der Waals surface area contributed by atoms with E-state index < -0.39 is 6.04 Å². The monoisotopic (exact) mass is 360 g/mol. The molecule has 0 bridgehead atoms. The predicted octanol–water partition coefficient (Wildman–Crippen LogP) is 3.64. The molecule has 3 aromatic rings. The highest BCUT2D eigenvalue weighted by molar-refractivity contribution is 6.16. The van der Waals surface area contributed by atoms with Gasteiger partial charge in [0, 0.05) is 18.6 Å². The lowest BCUT2D eigenvalue weighted by Gasteiger charge is -2.36. The average molecular weight is 360 g/mol. The number of amides is 2. The first-order chi connectivity index (χ1) is 13.2. The molecule has 0 spiro atoms. The molecule has 6 nitrogen and oxygen atoms in total. The number of aromatic nitrogens is 2. The van der Waals surface area contributed by atoms with E-state index in [-0.39, 0.29) is 11.8 Å². The lowest BCUT2D eigenvalue weighted by atomic mass is 10.0. The lowest BCUT2D eigenvalue weighted by Crippen LogP contribution is -2.51. The van der Waals surface area contributed by atoms with Gasteiger partial charge in [0.15, 0.2) is 0 Å². The molecule has 0 saturated heterocycles. The third kappa shape index (κ3) is 3.10. The Kier molecular flexibility index (Phi) is 4.46. The third-order valence-electron chi connectivity index (χ3n) is 4.68. The normalized spacial score (nSPS) is 16.0. The number of carbonyl (C=O) groups is 2. The number of fused-ring (bicyclic) bond motifs is 1. The van der Waals surface area contributed by atoms with Crippen LogP contribution in [-0.4, -0.2) is 27.4 Å². The number of para-hydroxylation sites is 2. The van der Waals surface area contributed by atoms with Gasteiger partial charge in [-0.15, -0.1) is 0 Å². The number of carbonyl (C=O) groups excluding carboxylic acids is 2. The number of nitrogens with one attached hydrogen (secondary N) is 1. The maximum Gasteiger partial charge on any atom is 0.260 e. The minimum absolute atomic E-state index is 0.152. The number of benzene rings is 1. The summed E-state index contributed by atoms with van der Waals surface area (Å²) in [4.78, 5) is 31.9. The van der Waals surface area contributed by atoms with E-state index in [1.165, 1.54) is 0 Å². The summed E-state index contributed by atoms with van der Waals surface area (Å²) >= 11 is 0. The first-order valence-electron chi connectivity index (χ1n) is 9.02. The van der Waals surface area contributed by atoms with Gasteiger partial charge in [0.1, 0.15) is 11.9 Å². The summed E-state index contributed by atoms with van der Waals surface area (Å²) in [6, 6.07) is 14.2. The average Bonchev–Trinajstić information content (AvgIpc) is 3.23. The molecular weight excluding hydrogens is 340 g/mol. The Morgan fingerprint density at radius 2 is 1.89 bits per heavy atom. The number of rotatable bonds is 4. The number of hydrogen-bond acceptors (Lipinski definition) is 3. The van der Waals surface area contributed by atoms with Crippen LogP contribution in [0.4, 0.5) is 11.4 Å². The first-order valence-corrected chi connectivity index (χ1v) is 9.02. The predicted molar refractivity (Wildman–Crippen MR) is 104 cm³/mol. The van der Waals surface area contributed by atoms with Crippen molar-refractivity contribution in [3.63, 3.8) is 0 Å². The van der Waals surface area contributed by atoms with Gasteiger partial charge in [-0.25, -0.2) is 4.98 Å². The second-order valence-electron chi connectivity index (χ2n) is 6.48. The van der Waals surface area contributed by atoms with Gasteiger partial charge in [-0.05, 0) is 42.8 Å². The van der Waals surface area contributed by atoms with Crippen LogP contribution in [0.2, 0.25) is 0 Å². The van der Waals surface area contributed by atoms with Gasteiger partial charge >= 0.3 is 0 Å². The van der Waals surface area contributed by atoms with Crippen molar-refractivity contribution in [3.05, 3.63) is 72.7 Å². The molecule has 4 rings (SSSR count). The van der Waals surface area contributed by atoms with E-state index in [1.807, 2.05) is 60.3 Å². The zero-order chi connectivity index (χ0) is 18.8.